The lowest BCUT2D eigenvalue weighted by molar-refractivity contribution is -0.146. The Balaban J connectivity index is 2.91. The van der Waals surface area contributed by atoms with E-state index in [4.69, 9.17) is 4.74 Å². The first-order valence-corrected chi connectivity index (χ1v) is 8.36. The topological polar surface area (TPSA) is 92.1 Å². The van der Waals surface area contributed by atoms with Crippen molar-refractivity contribution in [2.24, 2.45) is 0 Å². The van der Waals surface area contributed by atoms with Crippen LogP contribution >= 0.6 is 0 Å². The fourth-order valence-electron chi connectivity index (χ4n) is 2.17. The third-order valence-electron chi connectivity index (χ3n) is 3.66. The molecule has 0 fully saturated rings. The van der Waals surface area contributed by atoms with Crippen LogP contribution in [0.3, 0.4) is 0 Å². The summed E-state index contributed by atoms with van der Waals surface area (Å²) < 4.78 is 5.26. The highest BCUT2D eigenvalue weighted by Gasteiger charge is 2.36. The Morgan fingerprint density at radius 3 is 2.42 bits per heavy atom. The van der Waals surface area contributed by atoms with Crippen LogP contribution in [0.15, 0.2) is 24.5 Å². The highest BCUT2D eigenvalue weighted by atomic mass is 16.5. The Kier molecular flexibility index (Phi) is 8.48. The first kappa shape index (κ1) is 19.6. The number of amides is 1. The van der Waals surface area contributed by atoms with E-state index in [0.717, 1.165) is 25.7 Å². The van der Waals surface area contributed by atoms with E-state index in [1.54, 1.807) is 24.5 Å². The van der Waals surface area contributed by atoms with E-state index in [1.807, 2.05) is 13.8 Å². The summed E-state index contributed by atoms with van der Waals surface area (Å²) in [4.78, 5) is 27.9. The van der Waals surface area contributed by atoms with Gasteiger partial charge in [0.15, 0.2) is 5.54 Å². The normalized spacial score (nSPS) is 12.7. The van der Waals surface area contributed by atoms with Gasteiger partial charge in [-0.3, -0.25) is 14.6 Å². The molecule has 24 heavy (non-hydrogen) atoms. The number of nitrogens with zero attached hydrogens (tertiary/aromatic N) is 2. The highest BCUT2D eigenvalue weighted by molar-refractivity contribution is 5.78. The van der Waals surface area contributed by atoms with Crippen LogP contribution in [-0.4, -0.2) is 23.5 Å². The monoisotopic (exact) mass is 331 g/mol. The molecule has 6 heteroatoms. The summed E-state index contributed by atoms with van der Waals surface area (Å²) in [6.45, 7) is 3.76. The maximum atomic E-state index is 12.1. The minimum atomic E-state index is -1.39. The summed E-state index contributed by atoms with van der Waals surface area (Å²) in [6.07, 6.45) is 6.95. The van der Waals surface area contributed by atoms with Crippen LogP contribution in [0, 0.1) is 11.3 Å². The molecule has 130 valence electrons. The Bertz CT molecular complexity index is 569. The van der Waals surface area contributed by atoms with Crippen LogP contribution in [0.5, 0.6) is 0 Å². The van der Waals surface area contributed by atoms with Crippen molar-refractivity contribution in [2.45, 2.75) is 57.9 Å². The fourth-order valence-corrected chi connectivity index (χ4v) is 2.17. The molecule has 0 aliphatic rings. The van der Waals surface area contributed by atoms with Crippen molar-refractivity contribution < 1.29 is 14.3 Å². The molecule has 0 spiro atoms. The lowest BCUT2D eigenvalue weighted by atomic mass is 9.92. The lowest BCUT2D eigenvalue weighted by Crippen LogP contribution is -2.48. The van der Waals surface area contributed by atoms with Crippen LogP contribution in [0.1, 0.15) is 57.9 Å². The number of ether oxygens (including phenoxy) is 1. The number of rotatable bonds is 10. The molecule has 6 nitrogen and oxygen atoms in total. The van der Waals surface area contributed by atoms with Crippen molar-refractivity contribution in [1.29, 1.82) is 5.26 Å². The molecule has 1 aromatic rings. The van der Waals surface area contributed by atoms with Gasteiger partial charge in [-0.05, 0) is 30.5 Å². The van der Waals surface area contributed by atoms with Gasteiger partial charge in [0.25, 0.3) is 0 Å². The van der Waals surface area contributed by atoms with E-state index in [0.29, 0.717) is 18.4 Å². The Hall–Kier alpha value is -2.42. The maximum Gasteiger partial charge on any atom is 0.305 e. The number of hydrogen-bond donors (Lipinski definition) is 1. The van der Waals surface area contributed by atoms with Gasteiger partial charge in [0.05, 0.1) is 6.07 Å². The summed E-state index contributed by atoms with van der Waals surface area (Å²) in [6, 6.07) is 5.40. The zero-order chi connectivity index (χ0) is 17.8. The first-order valence-electron chi connectivity index (χ1n) is 8.36. The van der Waals surface area contributed by atoms with Crippen LogP contribution in [0.25, 0.3) is 0 Å². The molecule has 0 saturated carbocycles. The second-order valence-corrected chi connectivity index (χ2v) is 5.67. The zero-order valence-corrected chi connectivity index (χ0v) is 14.4. The van der Waals surface area contributed by atoms with Gasteiger partial charge in [-0.1, -0.05) is 26.7 Å². The van der Waals surface area contributed by atoms with E-state index in [2.05, 4.69) is 16.4 Å². The second kappa shape index (κ2) is 10.4. The minimum Gasteiger partial charge on any atom is -0.462 e. The molecule has 1 rings (SSSR count). The van der Waals surface area contributed by atoms with Crippen molar-refractivity contribution in [1.82, 2.24) is 10.3 Å². The molecule has 1 N–H and O–H groups in total. The molecule has 0 bridgehead atoms. The minimum absolute atomic E-state index is 0.214. The molecule has 0 aromatic carbocycles. The number of carbonyl (C=O) groups excluding carboxylic acids is 2. The van der Waals surface area contributed by atoms with Gasteiger partial charge in [-0.15, -0.1) is 0 Å². The zero-order valence-electron chi connectivity index (χ0n) is 14.4. The quantitative estimate of drug-likeness (QED) is 0.666. The SMILES string of the molecule is CCCCC(=O)NC(C#N)(COC(=O)CCCC)c1ccncc1. The summed E-state index contributed by atoms with van der Waals surface area (Å²) in [5, 5.41) is 12.5. The smallest absolute Gasteiger partial charge is 0.305 e. The largest absolute Gasteiger partial charge is 0.462 e. The van der Waals surface area contributed by atoms with E-state index in [-0.39, 0.29) is 18.5 Å². The number of nitriles is 1. The van der Waals surface area contributed by atoms with Crippen LogP contribution < -0.4 is 5.32 Å². The van der Waals surface area contributed by atoms with Crippen LogP contribution in [-0.2, 0) is 19.9 Å². The average Bonchev–Trinajstić information content (AvgIpc) is 2.62. The van der Waals surface area contributed by atoms with Crippen molar-refractivity contribution in [2.75, 3.05) is 6.61 Å². The number of hydrogen-bond acceptors (Lipinski definition) is 5. The van der Waals surface area contributed by atoms with Gasteiger partial charge in [0, 0.05) is 25.2 Å². The standard InChI is InChI=1S/C18H25N3O3/c1-3-5-7-16(22)21-18(13-19,15-9-11-20-12-10-15)14-24-17(23)8-6-4-2/h9-12H,3-8,14H2,1-2H3,(H,21,22). The molecule has 1 atom stereocenters. The van der Waals surface area contributed by atoms with E-state index in [1.165, 1.54) is 0 Å². The van der Waals surface area contributed by atoms with Crippen molar-refractivity contribution in [3.63, 3.8) is 0 Å². The molecule has 1 unspecified atom stereocenters. The van der Waals surface area contributed by atoms with E-state index in [9.17, 15) is 14.9 Å². The molecule has 0 radical (unpaired) electrons. The summed E-state index contributed by atoms with van der Waals surface area (Å²) in [7, 11) is 0. The molecular formula is C18H25N3O3. The maximum absolute atomic E-state index is 12.1. The molecule has 1 aromatic heterocycles. The summed E-state index contributed by atoms with van der Waals surface area (Å²) in [5.74, 6) is -0.604. The number of aromatic nitrogens is 1. The number of carbonyl (C=O) groups is 2. The van der Waals surface area contributed by atoms with Crippen LogP contribution in [0.2, 0.25) is 0 Å². The highest BCUT2D eigenvalue weighted by Crippen LogP contribution is 2.21. The average molecular weight is 331 g/mol. The molecule has 0 saturated heterocycles. The molecule has 0 aliphatic carbocycles. The van der Waals surface area contributed by atoms with Gasteiger partial charge in [0.1, 0.15) is 6.61 Å². The molecule has 1 amide bonds. The third kappa shape index (κ3) is 5.99. The van der Waals surface area contributed by atoms with Crippen molar-refractivity contribution >= 4 is 11.9 Å². The Labute approximate surface area is 143 Å². The second-order valence-electron chi connectivity index (χ2n) is 5.67. The Morgan fingerprint density at radius 2 is 1.83 bits per heavy atom. The predicted molar refractivity (Wildman–Crippen MR) is 89.7 cm³/mol. The predicted octanol–water partition coefficient (Wildman–Crippen LogP) is 2.84. The molecular weight excluding hydrogens is 306 g/mol. The van der Waals surface area contributed by atoms with Gasteiger partial charge < -0.3 is 10.1 Å². The first-order chi connectivity index (χ1) is 11.6. The van der Waals surface area contributed by atoms with Gasteiger partial charge >= 0.3 is 5.97 Å². The lowest BCUT2D eigenvalue weighted by Gasteiger charge is -2.28. The Morgan fingerprint density at radius 1 is 1.21 bits per heavy atom. The van der Waals surface area contributed by atoms with E-state index < -0.39 is 5.54 Å². The van der Waals surface area contributed by atoms with Gasteiger partial charge in [-0.2, -0.15) is 5.26 Å². The van der Waals surface area contributed by atoms with Gasteiger partial charge in [0.2, 0.25) is 5.91 Å². The number of unbranched alkanes of at least 4 members (excludes halogenated alkanes) is 2. The van der Waals surface area contributed by atoms with Crippen molar-refractivity contribution in [3.8, 4) is 6.07 Å². The molecule has 0 aliphatic heterocycles. The van der Waals surface area contributed by atoms with E-state index >= 15 is 0 Å². The van der Waals surface area contributed by atoms with Gasteiger partial charge in [-0.25, -0.2) is 0 Å². The van der Waals surface area contributed by atoms with Crippen molar-refractivity contribution in [3.05, 3.63) is 30.1 Å². The summed E-state index contributed by atoms with van der Waals surface area (Å²) in [5.41, 5.74) is -0.844. The third-order valence-corrected chi connectivity index (χ3v) is 3.66. The van der Waals surface area contributed by atoms with Crippen LogP contribution in [0.4, 0.5) is 0 Å². The number of esters is 1. The molecule has 1 heterocycles. The summed E-state index contributed by atoms with van der Waals surface area (Å²) >= 11 is 0. The fraction of sp³-hybridized carbons (Fsp3) is 0.556. The number of pyridine rings is 1. The number of nitrogens with one attached hydrogen (secondary N) is 1.